The highest BCUT2D eigenvalue weighted by Crippen LogP contribution is 2.11. The third kappa shape index (κ3) is 4.42. The van der Waals surface area contributed by atoms with E-state index < -0.39 is 0 Å². The molecule has 1 heterocycles. The Labute approximate surface area is 91.8 Å². The van der Waals surface area contributed by atoms with Crippen molar-refractivity contribution in [1.82, 2.24) is 10.3 Å². The van der Waals surface area contributed by atoms with Crippen LogP contribution in [-0.2, 0) is 9.59 Å². The second-order valence-electron chi connectivity index (χ2n) is 2.83. The fourth-order valence-electron chi connectivity index (χ4n) is 0.890. The van der Waals surface area contributed by atoms with Gasteiger partial charge in [-0.2, -0.15) is 0 Å². The van der Waals surface area contributed by atoms with Gasteiger partial charge < -0.3 is 10.6 Å². The van der Waals surface area contributed by atoms with E-state index in [1.54, 1.807) is 6.07 Å². The number of carbonyl (C=O) groups excluding carboxylic acids is 2. The lowest BCUT2D eigenvalue weighted by atomic mass is 10.4. The summed E-state index contributed by atoms with van der Waals surface area (Å²) in [6.45, 7) is 1.28. The molecule has 0 aliphatic heterocycles. The van der Waals surface area contributed by atoms with Crippen LogP contribution in [0.15, 0.2) is 18.3 Å². The summed E-state index contributed by atoms with van der Waals surface area (Å²) in [5.74, 6) is -0.564. The number of pyridine rings is 1. The predicted octanol–water partition coefficient (Wildman–Crippen LogP) is 0.810. The Balaban J connectivity index is 2.48. The molecule has 2 amide bonds. The summed E-state index contributed by atoms with van der Waals surface area (Å²) >= 11 is 5.62. The first-order chi connectivity index (χ1) is 7.08. The lowest BCUT2D eigenvalue weighted by Gasteiger charge is -2.05. The fourth-order valence-corrected chi connectivity index (χ4v) is 1.06. The summed E-state index contributed by atoms with van der Waals surface area (Å²) in [5, 5.41) is 5.24. The summed E-state index contributed by atoms with van der Waals surface area (Å²) in [7, 11) is 0. The Kier molecular flexibility index (Phi) is 4.05. The molecule has 0 fully saturated rings. The van der Waals surface area contributed by atoms with Crippen LogP contribution in [0.5, 0.6) is 0 Å². The van der Waals surface area contributed by atoms with Gasteiger partial charge in [-0.3, -0.25) is 9.59 Å². The SMILES string of the molecule is CC(=O)NCC(=O)Nc1ccnc(Cl)c1. The highest BCUT2D eigenvalue weighted by molar-refractivity contribution is 6.29. The van der Waals surface area contributed by atoms with Crippen LogP contribution < -0.4 is 10.6 Å². The molecule has 0 saturated carbocycles. The minimum Gasteiger partial charge on any atom is -0.347 e. The summed E-state index contributed by atoms with van der Waals surface area (Å²) < 4.78 is 0. The number of amides is 2. The zero-order valence-electron chi connectivity index (χ0n) is 8.08. The van der Waals surface area contributed by atoms with Crippen LogP contribution in [0.1, 0.15) is 6.92 Å². The van der Waals surface area contributed by atoms with Crippen molar-refractivity contribution in [3.63, 3.8) is 0 Å². The molecule has 1 aromatic rings. The number of carbonyl (C=O) groups is 2. The molecule has 0 atom stereocenters. The monoisotopic (exact) mass is 227 g/mol. The molecule has 0 saturated heterocycles. The van der Waals surface area contributed by atoms with Crippen molar-refractivity contribution < 1.29 is 9.59 Å². The number of hydrogen-bond donors (Lipinski definition) is 2. The second-order valence-corrected chi connectivity index (χ2v) is 3.21. The van der Waals surface area contributed by atoms with E-state index in [0.717, 1.165) is 0 Å². The minimum absolute atomic E-state index is 0.0602. The first kappa shape index (κ1) is 11.5. The third-order valence-corrected chi connectivity index (χ3v) is 1.71. The van der Waals surface area contributed by atoms with E-state index in [0.29, 0.717) is 10.8 Å². The van der Waals surface area contributed by atoms with E-state index >= 15 is 0 Å². The molecule has 0 aliphatic rings. The zero-order valence-corrected chi connectivity index (χ0v) is 8.84. The van der Waals surface area contributed by atoms with Crippen LogP contribution >= 0.6 is 11.6 Å². The maximum Gasteiger partial charge on any atom is 0.243 e. The van der Waals surface area contributed by atoms with E-state index in [9.17, 15) is 9.59 Å². The van der Waals surface area contributed by atoms with Gasteiger partial charge in [-0.1, -0.05) is 11.6 Å². The highest BCUT2D eigenvalue weighted by atomic mass is 35.5. The molecule has 0 radical (unpaired) electrons. The summed E-state index contributed by atoms with van der Waals surface area (Å²) in [5.41, 5.74) is 0.547. The van der Waals surface area contributed by atoms with Gasteiger partial charge >= 0.3 is 0 Å². The predicted molar refractivity (Wildman–Crippen MR) is 56.6 cm³/mol. The number of nitrogens with zero attached hydrogens (tertiary/aromatic N) is 1. The van der Waals surface area contributed by atoms with Crippen molar-refractivity contribution in [2.45, 2.75) is 6.92 Å². The van der Waals surface area contributed by atoms with Crippen LogP contribution in [0.25, 0.3) is 0 Å². The Morgan fingerprint density at radius 1 is 1.53 bits per heavy atom. The lowest BCUT2D eigenvalue weighted by Crippen LogP contribution is -2.31. The molecule has 1 aromatic heterocycles. The van der Waals surface area contributed by atoms with Gasteiger partial charge in [0, 0.05) is 18.8 Å². The summed E-state index contributed by atoms with van der Waals surface area (Å²) in [6, 6.07) is 3.13. The van der Waals surface area contributed by atoms with Gasteiger partial charge in [-0.05, 0) is 12.1 Å². The highest BCUT2D eigenvalue weighted by Gasteiger charge is 2.03. The second kappa shape index (κ2) is 5.31. The number of rotatable bonds is 3. The number of aromatic nitrogens is 1. The van der Waals surface area contributed by atoms with Crippen molar-refractivity contribution in [1.29, 1.82) is 0 Å². The van der Waals surface area contributed by atoms with E-state index in [2.05, 4.69) is 15.6 Å². The van der Waals surface area contributed by atoms with Crippen molar-refractivity contribution in [3.8, 4) is 0 Å². The minimum atomic E-state index is -0.313. The molecular weight excluding hydrogens is 218 g/mol. The van der Waals surface area contributed by atoms with Crippen LogP contribution in [0.4, 0.5) is 5.69 Å². The van der Waals surface area contributed by atoms with Crippen LogP contribution in [-0.4, -0.2) is 23.3 Å². The zero-order chi connectivity index (χ0) is 11.3. The third-order valence-electron chi connectivity index (χ3n) is 1.51. The van der Waals surface area contributed by atoms with E-state index in [1.165, 1.54) is 19.2 Å². The molecule has 0 spiro atoms. The topological polar surface area (TPSA) is 71.1 Å². The molecule has 15 heavy (non-hydrogen) atoms. The number of nitrogens with one attached hydrogen (secondary N) is 2. The van der Waals surface area contributed by atoms with Gasteiger partial charge in [0.1, 0.15) is 5.15 Å². The molecule has 0 bridgehead atoms. The van der Waals surface area contributed by atoms with Gasteiger partial charge in [0.15, 0.2) is 0 Å². The molecule has 0 unspecified atom stereocenters. The van der Waals surface area contributed by atoms with Gasteiger partial charge in [0.25, 0.3) is 0 Å². The van der Waals surface area contributed by atoms with E-state index in [4.69, 9.17) is 11.6 Å². The quantitative estimate of drug-likeness (QED) is 0.751. The fraction of sp³-hybridized carbons (Fsp3) is 0.222. The van der Waals surface area contributed by atoms with Crippen LogP contribution in [0.2, 0.25) is 5.15 Å². The summed E-state index contributed by atoms with van der Waals surface area (Å²) in [4.78, 5) is 25.5. The maximum absolute atomic E-state index is 11.2. The Bertz CT molecular complexity index is 381. The van der Waals surface area contributed by atoms with E-state index in [-0.39, 0.29) is 18.4 Å². The molecule has 6 heteroatoms. The normalized spacial score (nSPS) is 9.47. The van der Waals surface area contributed by atoms with Crippen molar-refractivity contribution >= 4 is 29.1 Å². The Morgan fingerprint density at radius 3 is 2.87 bits per heavy atom. The average Bonchev–Trinajstić information content (AvgIpc) is 2.15. The lowest BCUT2D eigenvalue weighted by molar-refractivity contribution is -0.122. The van der Waals surface area contributed by atoms with Gasteiger partial charge in [0.05, 0.1) is 6.54 Å². The van der Waals surface area contributed by atoms with Crippen molar-refractivity contribution in [2.75, 3.05) is 11.9 Å². The Morgan fingerprint density at radius 2 is 2.27 bits per heavy atom. The van der Waals surface area contributed by atoms with Gasteiger partial charge in [0.2, 0.25) is 11.8 Å². The molecule has 1 rings (SSSR count). The number of anilines is 1. The smallest absolute Gasteiger partial charge is 0.243 e. The number of halogens is 1. The molecule has 0 aliphatic carbocycles. The van der Waals surface area contributed by atoms with Gasteiger partial charge in [-0.15, -0.1) is 0 Å². The molecule has 5 nitrogen and oxygen atoms in total. The van der Waals surface area contributed by atoms with Gasteiger partial charge in [-0.25, -0.2) is 4.98 Å². The molecular formula is C9H10ClN3O2. The molecule has 0 aromatic carbocycles. The first-order valence-electron chi connectivity index (χ1n) is 4.24. The van der Waals surface area contributed by atoms with Crippen LogP contribution in [0, 0.1) is 0 Å². The summed E-state index contributed by atoms with van der Waals surface area (Å²) in [6.07, 6.45) is 1.48. The van der Waals surface area contributed by atoms with Crippen LogP contribution in [0.3, 0.4) is 0 Å². The largest absolute Gasteiger partial charge is 0.347 e. The molecule has 80 valence electrons. The Hall–Kier alpha value is -1.62. The first-order valence-corrected chi connectivity index (χ1v) is 4.61. The number of hydrogen-bond acceptors (Lipinski definition) is 3. The van der Waals surface area contributed by atoms with Crippen molar-refractivity contribution in [2.24, 2.45) is 0 Å². The molecule has 2 N–H and O–H groups in total. The van der Waals surface area contributed by atoms with Crippen molar-refractivity contribution in [3.05, 3.63) is 23.5 Å². The maximum atomic E-state index is 11.2. The average molecular weight is 228 g/mol. The standard InChI is InChI=1S/C9H10ClN3O2/c1-6(14)12-5-9(15)13-7-2-3-11-8(10)4-7/h2-4H,5H2,1H3,(H,12,14)(H,11,13,15). The van der Waals surface area contributed by atoms with E-state index in [1.807, 2.05) is 0 Å².